The van der Waals surface area contributed by atoms with E-state index in [0.29, 0.717) is 13.2 Å². The highest BCUT2D eigenvalue weighted by atomic mass is 28.4. The average Bonchev–Trinajstić information content (AvgIpc) is 2.83. The minimum absolute atomic E-state index is 0.128. The van der Waals surface area contributed by atoms with Crippen molar-refractivity contribution in [2.75, 3.05) is 13.7 Å². The molecule has 0 bridgehead atoms. The molecule has 0 aliphatic carbocycles. The van der Waals surface area contributed by atoms with Crippen LogP contribution in [0.4, 0.5) is 0 Å². The van der Waals surface area contributed by atoms with Gasteiger partial charge in [-0.25, -0.2) is 0 Å². The summed E-state index contributed by atoms with van der Waals surface area (Å²) in [5.41, 5.74) is 1.03. The Balaban J connectivity index is 1.86. The number of aldehydes is 1. The number of ether oxygens (including phenoxy) is 2. The lowest BCUT2D eigenvalue weighted by Gasteiger charge is -2.43. The molecule has 0 amide bonds. The van der Waals surface area contributed by atoms with Crippen LogP contribution in [0, 0.1) is 0 Å². The van der Waals surface area contributed by atoms with Crippen molar-refractivity contribution in [2.45, 2.75) is 44.9 Å². The molecule has 3 aromatic carbocycles. The minimum Gasteiger partial charge on any atom is -0.497 e. The summed E-state index contributed by atoms with van der Waals surface area (Å²) in [5, 5.41) is 2.30. The monoisotopic (exact) mass is 462 g/mol. The van der Waals surface area contributed by atoms with E-state index in [0.717, 1.165) is 17.6 Å². The largest absolute Gasteiger partial charge is 0.497 e. The van der Waals surface area contributed by atoms with Gasteiger partial charge < -0.3 is 18.7 Å². The van der Waals surface area contributed by atoms with Crippen LogP contribution in [0.5, 0.6) is 5.75 Å². The van der Waals surface area contributed by atoms with Gasteiger partial charge in [0.2, 0.25) is 0 Å². The van der Waals surface area contributed by atoms with Gasteiger partial charge in [-0.2, -0.15) is 0 Å². The first-order valence-corrected chi connectivity index (χ1v) is 13.2. The molecular weight excluding hydrogens is 428 g/mol. The average molecular weight is 463 g/mol. The second kappa shape index (κ2) is 11.4. The first-order valence-electron chi connectivity index (χ1n) is 11.3. The van der Waals surface area contributed by atoms with E-state index in [2.05, 4.69) is 69.3 Å². The van der Waals surface area contributed by atoms with Crippen molar-refractivity contribution in [2.24, 2.45) is 0 Å². The quantitative estimate of drug-likeness (QED) is 0.305. The van der Waals surface area contributed by atoms with Crippen molar-refractivity contribution in [3.8, 4) is 5.75 Å². The fraction of sp³-hybridized carbons (Fsp3) is 0.321. The van der Waals surface area contributed by atoms with E-state index in [-0.39, 0.29) is 17.6 Å². The minimum atomic E-state index is -2.67. The molecule has 0 aliphatic rings. The summed E-state index contributed by atoms with van der Waals surface area (Å²) in [5.74, 6) is 0.804. The Labute approximate surface area is 198 Å². The predicted octanol–water partition coefficient (Wildman–Crippen LogP) is 4.75. The Bertz CT molecular complexity index is 942. The number of hydrogen-bond donors (Lipinski definition) is 0. The lowest BCUT2D eigenvalue weighted by atomic mass is 10.2. The lowest BCUT2D eigenvalue weighted by Crippen LogP contribution is -2.67. The van der Waals surface area contributed by atoms with E-state index < -0.39 is 8.32 Å². The zero-order valence-electron chi connectivity index (χ0n) is 20.0. The Morgan fingerprint density at radius 2 is 1.39 bits per heavy atom. The first-order chi connectivity index (χ1) is 15.9. The zero-order chi connectivity index (χ0) is 23.7. The maximum Gasteiger partial charge on any atom is 0.261 e. The van der Waals surface area contributed by atoms with Crippen LogP contribution in [-0.4, -0.2) is 34.4 Å². The van der Waals surface area contributed by atoms with Crippen molar-refractivity contribution in [3.63, 3.8) is 0 Å². The van der Waals surface area contributed by atoms with E-state index in [1.165, 1.54) is 10.4 Å². The Hall–Kier alpha value is -2.73. The molecule has 0 N–H and O–H groups in total. The number of hydrogen-bond acceptors (Lipinski definition) is 4. The maximum atomic E-state index is 11.4. The third kappa shape index (κ3) is 5.99. The Kier molecular flexibility index (Phi) is 8.61. The van der Waals surface area contributed by atoms with Gasteiger partial charge in [0.15, 0.2) is 0 Å². The maximum absolute atomic E-state index is 11.4. The highest BCUT2D eigenvalue weighted by Crippen LogP contribution is 2.37. The van der Waals surface area contributed by atoms with Crippen molar-refractivity contribution >= 4 is 25.0 Å². The van der Waals surface area contributed by atoms with Crippen molar-refractivity contribution in [1.29, 1.82) is 0 Å². The van der Waals surface area contributed by atoms with E-state index >= 15 is 0 Å². The molecule has 0 saturated carbocycles. The summed E-state index contributed by atoms with van der Waals surface area (Å²) in [7, 11) is -1.03. The van der Waals surface area contributed by atoms with E-state index in [9.17, 15) is 4.79 Å². The zero-order valence-corrected chi connectivity index (χ0v) is 21.0. The van der Waals surface area contributed by atoms with Crippen molar-refractivity contribution in [3.05, 3.63) is 90.5 Å². The van der Waals surface area contributed by atoms with Gasteiger partial charge >= 0.3 is 0 Å². The summed E-state index contributed by atoms with van der Waals surface area (Å²) in [6.07, 6.45) is 0.869. The molecule has 0 aromatic heterocycles. The van der Waals surface area contributed by atoms with Crippen LogP contribution in [-0.2, 0) is 20.6 Å². The number of benzene rings is 3. The number of carbonyl (C=O) groups is 1. The Morgan fingerprint density at radius 1 is 0.848 bits per heavy atom. The highest BCUT2D eigenvalue weighted by molar-refractivity contribution is 6.99. The topological polar surface area (TPSA) is 44.8 Å². The molecule has 3 rings (SSSR count). The molecule has 33 heavy (non-hydrogen) atoms. The molecular formula is C28H34O4Si. The molecule has 0 fully saturated rings. The molecule has 0 unspecified atom stereocenters. The second-order valence-electron chi connectivity index (χ2n) is 9.16. The molecule has 4 nitrogen and oxygen atoms in total. The number of methoxy groups -OCH3 is 1. The third-order valence-electron chi connectivity index (χ3n) is 5.91. The summed E-state index contributed by atoms with van der Waals surface area (Å²) in [6, 6.07) is 28.8. The van der Waals surface area contributed by atoms with Gasteiger partial charge in [-0.05, 0) is 33.1 Å². The molecule has 174 valence electrons. The third-order valence-corrected chi connectivity index (χ3v) is 10.9. The van der Waals surface area contributed by atoms with Gasteiger partial charge in [0.05, 0.1) is 26.4 Å². The van der Waals surface area contributed by atoms with Gasteiger partial charge in [-0.1, -0.05) is 93.6 Å². The smallest absolute Gasteiger partial charge is 0.261 e. The van der Waals surface area contributed by atoms with E-state index in [4.69, 9.17) is 13.9 Å². The molecule has 0 heterocycles. The van der Waals surface area contributed by atoms with Gasteiger partial charge in [-0.3, -0.25) is 0 Å². The molecule has 0 radical (unpaired) electrons. The molecule has 5 heteroatoms. The second-order valence-corrected chi connectivity index (χ2v) is 13.5. The summed E-state index contributed by atoms with van der Waals surface area (Å²) in [6.45, 7) is 7.49. The van der Waals surface area contributed by atoms with Crippen molar-refractivity contribution in [1.82, 2.24) is 0 Å². The van der Waals surface area contributed by atoms with Crippen LogP contribution in [0.15, 0.2) is 84.9 Å². The van der Waals surface area contributed by atoms with Crippen molar-refractivity contribution < 1.29 is 18.7 Å². The number of rotatable bonds is 11. The highest BCUT2D eigenvalue weighted by Gasteiger charge is 2.50. The normalized spacial score (nSPS) is 12.8. The molecule has 0 spiro atoms. The first kappa shape index (κ1) is 24.9. The molecule has 1 atom stereocenters. The standard InChI is InChI=1S/C28H34O4Si/c1-28(2,3)33(26-11-7-5-8-12-26,27-13-9-6-10-14-27)32-22-25(19-20-29)31-21-23-15-17-24(30-4)18-16-23/h5-18,20,25H,19,21-22H2,1-4H3/t25-/m1/s1. The fourth-order valence-electron chi connectivity index (χ4n) is 4.21. The van der Waals surface area contributed by atoms with Gasteiger partial charge in [-0.15, -0.1) is 0 Å². The predicted molar refractivity (Wildman–Crippen MR) is 136 cm³/mol. The molecule has 0 aliphatic heterocycles. The summed E-state index contributed by atoms with van der Waals surface area (Å²) >= 11 is 0. The van der Waals surface area contributed by atoms with Crippen LogP contribution in [0.3, 0.4) is 0 Å². The van der Waals surface area contributed by atoms with Crippen LogP contribution in [0.25, 0.3) is 0 Å². The SMILES string of the molecule is COc1ccc(CO[C@H](CC=O)CO[Si](c2ccccc2)(c2ccccc2)C(C)(C)C)cc1. The van der Waals surface area contributed by atoms with Crippen LogP contribution in [0.2, 0.25) is 5.04 Å². The number of carbonyl (C=O) groups excluding carboxylic acids is 1. The molecule has 0 saturated heterocycles. The summed E-state index contributed by atoms with van der Waals surface area (Å²) < 4.78 is 18.3. The lowest BCUT2D eigenvalue weighted by molar-refractivity contribution is -0.111. The van der Waals surface area contributed by atoms with Gasteiger partial charge in [0.1, 0.15) is 12.0 Å². The fourth-order valence-corrected chi connectivity index (χ4v) is 8.80. The van der Waals surface area contributed by atoms with E-state index in [1.54, 1.807) is 7.11 Å². The molecule has 3 aromatic rings. The van der Waals surface area contributed by atoms with Gasteiger partial charge in [0.25, 0.3) is 8.32 Å². The van der Waals surface area contributed by atoms with Crippen LogP contribution >= 0.6 is 0 Å². The van der Waals surface area contributed by atoms with Crippen LogP contribution in [0.1, 0.15) is 32.8 Å². The Morgan fingerprint density at radius 3 is 1.85 bits per heavy atom. The van der Waals surface area contributed by atoms with E-state index in [1.807, 2.05) is 36.4 Å². The van der Waals surface area contributed by atoms with Crippen LogP contribution < -0.4 is 15.1 Å². The summed E-state index contributed by atoms with van der Waals surface area (Å²) in [4.78, 5) is 11.4. The van der Waals surface area contributed by atoms with Gasteiger partial charge in [0, 0.05) is 6.42 Å².